The first-order chi connectivity index (χ1) is 10.7. The third kappa shape index (κ3) is 3.49. The van der Waals surface area contributed by atoms with Crippen LogP contribution in [0.4, 0.5) is 0 Å². The van der Waals surface area contributed by atoms with Crippen LogP contribution in [0.1, 0.15) is 24.0 Å². The Labute approximate surface area is 135 Å². The van der Waals surface area contributed by atoms with E-state index >= 15 is 0 Å². The van der Waals surface area contributed by atoms with Crippen molar-refractivity contribution in [3.63, 3.8) is 0 Å². The van der Waals surface area contributed by atoms with E-state index in [1.807, 2.05) is 0 Å². The molecule has 1 saturated heterocycles. The van der Waals surface area contributed by atoms with Crippen molar-refractivity contribution in [2.24, 2.45) is 0 Å². The standard InChI is InChI=1S/C15H21NO6S/c1-10-8-12(9-11(2)13(10)21-3)23(19,20)16-15(14(17)18)4-6-22-7-5-15/h8-9,16H,4-7H2,1-3H3,(H,17,18). The lowest BCUT2D eigenvalue weighted by Gasteiger charge is -2.33. The smallest absolute Gasteiger partial charge is 0.325 e. The van der Waals surface area contributed by atoms with E-state index < -0.39 is 21.5 Å². The number of aryl methyl sites for hydroxylation is 2. The number of sulfonamides is 1. The van der Waals surface area contributed by atoms with Crippen molar-refractivity contribution in [3.05, 3.63) is 23.3 Å². The zero-order chi connectivity index (χ0) is 17.3. The fraction of sp³-hybridized carbons (Fsp3) is 0.533. The average molecular weight is 343 g/mol. The summed E-state index contributed by atoms with van der Waals surface area (Å²) in [5.41, 5.74) is -0.188. The van der Waals surface area contributed by atoms with Gasteiger partial charge in [-0.2, -0.15) is 4.72 Å². The topological polar surface area (TPSA) is 102 Å². The molecule has 0 amide bonds. The number of benzene rings is 1. The van der Waals surface area contributed by atoms with Gasteiger partial charge < -0.3 is 14.6 Å². The summed E-state index contributed by atoms with van der Waals surface area (Å²) in [6, 6.07) is 2.95. The van der Waals surface area contributed by atoms with E-state index in [9.17, 15) is 18.3 Å². The summed E-state index contributed by atoms with van der Waals surface area (Å²) in [6.07, 6.45) is 0.186. The number of hydrogen-bond acceptors (Lipinski definition) is 5. The summed E-state index contributed by atoms with van der Waals surface area (Å²) in [6.45, 7) is 3.89. The minimum atomic E-state index is -3.98. The molecule has 2 N–H and O–H groups in total. The van der Waals surface area contributed by atoms with Gasteiger partial charge in [-0.25, -0.2) is 8.42 Å². The van der Waals surface area contributed by atoms with Crippen molar-refractivity contribution >= 4 is 16.0 Å². The van der Waals surface area contributed by atoms with Gasteiger partial charge in [0.2, 0.25) is 10.0 Å². The van der Waals surface area contributed by atoms with Crippen LogP contribution in [-0.2, 0) is 19.6 Å². The predicted molar refractivity (Wildman–Crippen MR) is 83.2 cm³/mol. The van der Waals surface area contributed by atoms with Crippen LogP contribution in [0.2, 0.25) is 0 Å². The molecule has 1 aromatic carbocycles. The lowest BCUT2D eigenvalue weighted by Crippen LogP contribution is -2.57. The Morgan fingerprint density at radius 2 is 1.78 bits per heavy atom. The quantitative estimate of drug-likeness (QED) is 0.833. The SMILES string of the molecule is COc1c(C)cc(S(=O)(=O)NC2(C(=O)O)CCOCC2)cc1C. The Kier molecular flexibility index (Phi) is 4.98. The normalized spacial score (nSPS) is 17.7. The van der Waals surface area contributed by atoms with Crippen LogP contribution in [0.3, 0.4) is 0 Å². The highest BCUT2D eigenvalue weighted by atomic mass is 32.2. The molecule has 1 fully saturated rings. The molecule has 0 atom stereocenters. The maximum absolute atomic E-state index is 12.7. The highest BCUT2D eigenvalue weighted by Gasteiger charge is 2.44. The summed E-state index contributed by atoms with van der Waals surface area (Å²) in [5.74, 6) is -0.575. The summed E-state index contributed by atoms with van der Waals surface area (Å²) in [7, 11) is -2.46. The van der Waals surface area contributed by atoms with Crippen LogP contribution in [-0.4, -0.2) is 45.4 Å². The molecular formula is C15H21NO6S. The predicted octanol–water partition coefficient (Wildman–Crippen LogP) is 1.22. The molecule has 2 rings (SSSR count). The Morgan fingerprint density at radius 3 is 2.22 bits per heavy atom. The highest BCUT2D eigenvalue weighted by molar-refractivity contribution is 7.89. The van der Waals surface area contributed by atoms with Crippen LogP contribution in [0.5, 0.6) is 5.75 Å². The minimum Gasteiger partial charge on any atom is -0.496 e. The van der Waals surface area contributed by atoms with Gasteiger partial charge in [-0.3, -0.25) is 4.79 Å². The number of hydrogen-bond donors (Lipinski definition) is 2. The van der Waals surface area contributed by atoms with Gasteiger partial charge in [0.1, 0.15) is 11.3 Å². The Balaban J connectivity index is 2.40. The van der Waals surface area contributed by atoms with Crippen LogP contribution >= 0.6 is 0 Å². The second kappa shape index (κ2) is 6.46. The molecule has 0 aromatic heterocycles. The van der Waals surface area contributed by atoms with Gasteiger partial charge in [0, 0.05) is 26.1 Å². The van der Waals surface area contributed by atoms with Gasteiger partial charge >= 0.3 is 5.97 Å². The van der Waals surface area contributed by atoms with Gasteiger partial charge in [0.25, 0.3) is 0 Å². The zero-order valence-corrected chi connectivity index (χ0v) is 14.2. The highest BCUT2D eigenvalue weighted by Crippen LogP contribution is 2.29. The van der Waals surface area contributed by atoms with Crippen LogP contribution < -0.4 is 9.46 Å². The third-order valence-corrected chi connectivity index (χ3v) is 5.55. The molecule has 0 aliphatic carbocycles. The van der Waals surface area contributed by atoms with E-state index in [0.29, 0.717) is 16.9 Å². The molecule has 1 heterocycles. The van der Waals surface area contributed by atoms with Crippen LogP contribution in [0.25, 0.3) is 0 Å². The summed E-state index contributed by atoms with van der Waals surface area (Å²) < 4.78 is 38.1. The minimum absolute atomic E-state index is 0.0282. The molecular weight excluding hydrogens is 322 g/mol. The first-order valence-corrected chi connectivity index (χ1v) is 8.70. The number of rotatable bonds is 5. The van der Waals surface area contributed by atoms with Crippen molar-refractivity contribution < 1.29 is 27.8 Å². The van der Waals surface area contributed by atoms with Gasteiger partial charge in [-0.05, 0) is 37.1 Å². The van der Waals surface area contributed by atoms with Crippen molar-refractivity contribution in [3.8, 4) is 5.75 Å². The average Bonchev–Trinajstić information content (AvgIpc) is 2.47. The molecule has 0 unspecified atom stereocenters. The molecule has 0 radical (unpaired) electrons. The number of methoxy groups -OCH3 is 1. The second-order valence-electron chi connectivity index (χ2n) is 5.70. The maximum atomic E-state index is 12.7. The zero-order valence-electron chi connectivity index (χ0n) is 13.4. The monoisotopic (exact) mass is 343 g/mol. The summed E-state index contributed by atoms with van der Waals surface area (Å²) >= 11 is 0. The number of carboxylic acids is 1. The van der Waals surface area contributed by atoms with Crippen LogP contribution in [0.15, 0.2) is 17.0 Å². The van der Waals surface area contributed by atoms with E-state index in [1.54, 1.807) is 13.8 Å². The van der Waals surface area contributed by atoms with E-state index in [-0.39, 0.29) is 31.0 Å². The molecule has 1 aromatic rings. The van der Waals surface area contributed by atoms with Crippen LogP contribution in [0, 0.1) is 13.8 Å². The van der Waals surface area contributed by atoms with Crippen molar-refractivity contribution in [1.82, 2.24) is 4.72 Å². The summed E-state index contributed by atoms with van der Waals surface area (Å²) in [4.78, 5) is 11.6. The number of nitrogens with one attached hydrogen (secondary N) is 1. The largest absolute Gasteiger partial charge is 0.496 e. The van der Waals surface area contributed by atoms with Crippen molar-refractivity contribution in [1.29, 1.82) is 0 Å². The molecule has 7 nitrogen and oxygen atoms in total. The molecule has 1 aliphatic heterocycles. The molecule has 0 spiro atoms. The first-order valence-electron chi connectivity index (χ1n) is 7.22. The Morgan fingerprint density at radius 1 is 1.26 bits per heavy atom. The number of aliphatic carboxylic acids is 1. The fourth-order valence-corrected chi connectivity index (χ4v) is 4.37. The third-order valence-electron chi connectivity index (χ3n) is 4.03. The lowest BCUT2D eigenvalue weighted by molar-refractivity contribution is -0.147. The van der Waals surface area contributed by atoms with Crippen molar-refractivity contribution in [2.45, 2.75) is 37.1 Å². The van der Waals surface area contributed by atoms with E-state index in [4.69, 9.17) is 9.47 Å². The molecule has 1 aliphatic rings. The number of ether oxygens (including phenoxy) is 2. The van der Waals surface area contributed by atoms with E-state index in [1.165, 1.54) is 19.2 Å². The number of carboxylic acid groups (broad SMARTS) is 1. The molecule has 0 saturated carbocycles. The van der Waals surface area contributed by atoms with E-state index in [2.05, 4.69) is 4.72 Å². The van der Waals surface area contributed by atoms with Crippen molar-refractivity contribution in [2.75, 3.05) is 20.3 Å². The van der Waals surface area contributed by atoms with Gasteiger partial charge in [0.15, 0.2) is 0 Å². The van der Waals surface area contributed by atoms with Gasteiger partial charge in [0.05, 0.1) is 12.0 Å². The first kappa shape index (κ1) is 17.7. The summed E-state index contributed by atoms with van der Waals surface area (Å²) in [5, 5.41) is 9.49. The molecule has 0 bridgehead atoms. The lowest BCUT2D eigenvalue weighted by atomic mass is 9.92. The fourth-order valence-electron chi connectivity index (χ4n) is 2.78. The second-order valence-corrected chi connectivity index (χ2v) is 7.38. The molecule has 23 heavy (non-hydrogen) atoms. The van der Waals surface area contributed by atoms with Gasteiger partial charge in [-0.1, -0.05) is 0 Å². The number of carbonyl (C=O) groups is 1. The molecule has 128 valence electrons. The Hall–Kier alpha value is -1.64. The Bertz CT molecular complexity index is 684. The maximum Gasteiger partial charge on any atom is 0.325 e. The van der Waals surface area contributed by atoms with E-state index in [0.717, 1.165) is 0 Å². The molecule has 8 heteroatoms. The van der Waals surface area contributed by atoms with Gasteiger partial charge in [-0.15, -0.1) is 0 Å².